The summed E-state index contributed by atoms with van der Waals surface area (Å²) in [6, 6.07) is 11.6. The number of fused-ring (bicyclic) bond motifs is 1. The third-order valence-electron chi connectivity index (χ3n) is 5.16. The molecule has 3 N–H and O–H groups in total. The van der Waals surface area contributed by atoms with Crippen LogP contribution in [0.4, 0.5) is 0 Å². The molecular formula is C21H24N4O2S. The number of nitrogens with zero attached hydrogens (tertiary/aromatic N) is 3. The SMILES string of the molecule is CC(C)c1cc(C2=NNC(S)N2Cc2ccc3c(ccn3C)c2)c(O)cc1O. The van der Waals surface area contributed by atoms with Crippen LogP contribution in [-0.2, 0) is 13.6 Å². The van der Waals surface area contributed by atoms with Crippen LogP contribution in [-0.4, -0.2) is 31.0 Å². The van der Waals surface area contributed by atoms with Gasteiger partial charge in [-0.15, -0.1) is 12.6 Å². The molecule has 0 fully saturated rings. The Labute approximate surface area is 169 Å². The van der Waals surface area contributed by atoms with Crippen LogP contribution in [0.3, 0.4) is 0 Å². The number of nitrogens with one attached hydrogen (secondary N) is 1. The summed E-state index contributed by atoms with van der Waals surface area (Å²) in [5.74, 6) is 0.808. The second-order valence-electron chi connectivity index (χ2n) is 7.47. The van der Waals surface area contributed by atoms with Gasteiger partial charge in [0.2, 0.25) is 0 Å². The van der Waals surface area contributed by atoms with Crippen molar-refractivity contribution < 1.29 is 10.2 Å². The molecule has 2 heterocycles. The zero-order valence-electron chi connectivity index (χ0n) is 16.1. The molecule has 0 bridgehead atoms. The third-order valence-corrected chi connectivity index (χ3v) is 5.56. The molecule has 0 radical (unpaired) electrons. The average Bonchev–Trinajstić information content (AvgIpc) is 3.18. The first-order valence-electron chi connectivity index (χ1n) is 9.23. The number of aryl methyl sites for hydroxylation is 1. The highest BCUT2D eigenvalue weighted by Gasteiger charge is 2.29. The van der Waals surface area contributed by atoms with E-state index < -0.39 is 0 Å². The predicted octanol–water partition coefficient (Wildman–Crippen LogP) is 3.69. The van der Waals surface area contributed by atoms with Crippen LogP contribution in [0.1, 0.15) is 36.5 Å². The number of hydrazone groups is 1. The molecule has 1 aromatic heterocycles. The lowest BCUT2D eigenvalue weighted by molar-refractivity contribution is 0.386. The summed E-state index contributed by atoms with van der Waals surface area (Å²) in [6.45, 7) is 4.58. The maximum Gasteiger partial charge on any atom is 0.162 e. The third kappa shape index (κ3) is 3.16. The van der Waals surface area contributed by atoms with E-state index in [4.69, 9.17) is 0 Å². The van der Waals surface area contributed by atoms with Crippen molar-refractivity contribution in [1.82, 2.24) is 14.9 Å². The van der Waals surface area contributed by atoms with Crippen LogP contribution in [0, 0.1) is 0 Å². The number of rotatable bonds is 4. The highest BCUT2D eigenvalue weighted by Crippen LogP contribution is 2.34. The number of hydrogen-bond donors (Lipinski definition) is 4. The quantitative estimate of drug-likeness (QED) is 0.508. The van der Waals surface area contributed by atoms with E-state index in [1.807, 2.05) is 32.0 Å². The van der Waals surface area contributed by atoms with Gasteiger partial charge in [-0.05, 0) is 46.7 Å². The zero-order chi connectivity index (χ0) is 20.0. The van der Waals surface area contributed by atoms with Gasteiger partial charge in [0.15, 0.2) is 11.3 Å². The smallest absolute Gasteiger partial charge is 0.162 e. The lowest BCUT2D eigenvalue weighted by Gasteiger charge is -2.25. The normalized spacial score (nSPS) is 16.7. The molecule has 0 saturated heterocycles. The maximum absolute atomic E-state index is 10.4. The largest absolute Gasteiger partial charge is 0.508 e. The second-order valence-corrected chi connectivity index (χ2v) is 7.96. The Kier molecular flexibility index (Phi) is 4.63. The molecule has 3 aromatic rings. The monoisotopic (exact) mass is 396 g/mol. The van der Waals surface area contributed by atoms with Crippen molar-refractivity contribution in [3.8, 4) is 11.5 Å². The summed E-state index contributed by atoms with van der Waals surface area (Å²) in [5, 5.41) is 26.2. The fraction of sp³-hybridized carbons (Fsp3) is 0.286. The first-order chi connectivity index (χ1) is 13.3. The highest BCUT2D eigenvalue weighted by molar-refractivity contribution is 7.80. The van der Waals surface area contributed by atoms with Crippen LogP contribution in [0.25, 0.3) is 10.9 Å². The van der Waals surface area contributed by atoms with Gasteiger partial charge in [0.05, 0.1) is 5.56 Å². The Hall–Kier alpha value is -2.80. The van der Waals surface area contributed by atoms with E-state index >= 15 is 0 Å². The molecule has 0 aliphatic carbocycles. The molecule has 0 spiro atoms. The molecule has 28 heavy (non-hydrogen) atoms. The van der Waals surface area contributed by atoms with Crippen LogP contribution in [0.5, 0.6) is 11.5 Å². The van der Waals surface area contributed by atoms with Gasteiger partial charge >= 0.3 is 0 Å². The number of phenols is 2. The fourth-order valence-corrected chi connectivity index (χ4v) is 3.86. The number of phenolic OH excluding ortho intramolecular Hbond substituents is 2. The standard InChI is InChI=1S/C21H24N4O2S/c1-12(2)15-9-16(19(27)10-18(15)26)20-22-23-21(28)25(20)11-13-4-5-17-14(8-13)6-7-24(17)3/h4-10,12,21,23,26-28H,11H2,1-3H3. The topological polar surface area (TPSA) is 73.0 Å². The van der Waals surface area contributed by atoms with Crippen molar-refractivity contribution in [2.24, 2.45) is 12.1 Å². The van der Waals surface area contributed by atoms with Crippen LogP contribution >= 0.6 is 12.6 Å². The average molecular weight is 397 g/mol. The van der Waals surface area contributed by atoms with E-state index in [1.54, 1.807) is 6.07 Å². The molecule has 7 heteroatoms. The number of amidine groups is 1. The molecule has 0 amide bonds. The first kappa shape index (κ1) is 18.6. The lowest BCUT2D eigenvalue weighted by Crippen LogP contribution is -2.36. The Morgan fingerprint density at radius 1 is 1.14 bits per heavy atom. The Morgan fingerprint density at radius 2 is 1.93 bits per heavy atom. The predicted molar refractivity (Wildman–Crippen MR) is 115 cm³/mol. The van der Waals surface area contributed by atoms with E-state index in [1.165, 1.54) is 17.0 Å². The van der Waals surface area contributed by atoms with Crippen molar-refractivity contribution in [2.45, 2.75) is 31.8 Å². The van der Waals surface area contributed by atoms with Gasteiger partial charge in [0.25, 0.3) is 0 Å². The number of hydrogen-bond acceptors (Lipinski definition) is 6. The van der Waals surface area contributed by atoms with E-state index in [0.717, 1.165) is 11.1 Å². The van der Waals surface area contributed by atoms with Crippen LogP contribution in [0.15, 0.2) is 47.7 Å². The number of benzene rings is 2. The number of aromatic hydroxyl groups is 2. The zero-order valence-corrected chi connectivity index (χ0v) is 17.0. The van der Waals surface area contributed by atoms with E-state index in [0.29, 0.717) is 17.9 Å². The van der Waals surface area contributed by atoms with Gasteiger partial charge in [-0.1, -0.05) is 19.9 Å². The van der Waals surface area contributed by atoms with Gasteiger partial charge in [0.1, 0.15) is 11.5 Å². The van der Waals surface area contributed by atoms with Crippen molar-refractivity contribution in [1.29, 1.82) is 0 Å². The molecule has 1 aliphatic rings. The first-order valence-corrected chi connectivity index (χ1v) is 9.75. The van der Waals surface area contributed by atoms with Crippen molar-refractivity contribution >= 4 is 29.4 Å². The molecule has 0 saturated carbocycles. The molecule has 6 nitrogen and oxygen atoms in total. The van der Waals surface area contributed by atoms with Crippen molar-refractivity contribution in [3.63, 3.8) is 0 Å². The van der Waals surface area contributed by atoms with Gasteiger partial charge in [-0.2, -0.15) is 5.10 Å². The number of thiol groups is 1. The summed E-state index contributed by atoms with van der Waals surface area (Å²) < 4.78 is 2.09. The minimum absolute atomic E-state index is 0.00612. The Morgan fingerprint density at radius 3 is 2.68 bits per heavy atom. The second kappa shape index (κ2) is 6.98. The summed E-state index contributed by atoms with van der Waals surface area (Å²) in [7, 11) is 2.03. The minimum atomic E-state index is -0.308. The Bertz CT molecular complexity index is 1070. The van der Waals surface area contributed by atoms with Crippen molar-refractivity contribution in [2.75, 3.05) is 0 Å². The van der Waals surface area contributed by atoms with Crippen molar-refractivity contribution in [3.05, 3.63) is 59.3 Å². The summed E-state index contributed by atoms with van der Waals surface area (Å²) in [6.07, 6.45) is 2.04. The lowest BCUT2D eigenvalue weighted by atomic mass is 9.98. The van der Waals surface area contributed by atoms with E-state index in [2.05, 4.69) is 52.0 Å². The highest BCUT2D eigenvalue weighted by atomic mass is 32.1. The molecule has 146 valence electrons. The summed E-state index contributed by atoms with van der Waals surface area (Å²) >= 11 is 4.59. The van der Waals surface area contributed by atoms with Gasteiger partial charge in [0, 0.05) is 31.4 Å². The molecule has 1 unspecified atom stereocenters. The van der Waals surface area contributed by atoms with Crippen LogP contribution in [0.2, 0.25) is 0 Å². The molecule has 4 rings (SSSR count). The van der Waals surface area contributed by atoms with Crippen LogP contribution < -0.4 is 5.43 Å². The molecular weight excluding hydrogens is 372 g/mol. The van der Waals surface area contributed by atoms with E-state index in [-0.39, 0.29) is 22.9 Å². The summed E-state index contributed by atoms with van der Waals surface area (Å²) in [5.41, 5.74) is 6.30. The Balaban J connectivity index is 1.69. The van der Waals surface area contributed by atoms with Gasteiger partial charge in [-0.3, -0.25) is 5.43 Å². The van der Waals surface area contributed by atoms with Gasteiger partial charge in [-0.25, -0.2) is 0 Å². The van der Waals surface area contributed by atoms with Gasteiger partial charge < -0.3 is 19.7 Å². The fourth-order valence-electron chi connectivity index (χ4n) is 3.61. The summed E-state index contributed by atoms with van der Waals surface area (Å²) in [4.78, 5) is 1.99. The minimum Gasteiger partial charge on any atom is -0.508 e. The molecule has 1 aliphatic heterocycles. The van der Waals surface area contributed by atoms with E-state index in [9.17, 15) is 10.2 Å². The number of aromatic nitrogens is 1. The maximum atomic E-state index is 10.4. The molecule has 1 atom stereocenters. The molecule has 2 aromatic carbocycles.